The summed E-state index contributed by atoms with van der Waals surface area (Å²) in [6.45, 7) is 0. The number of ether oxygens (including phenoxy) is 1. The third-order valence-electron chi connectivity index (χ3n) is 2.07. The summed E-state index contributed by atoms with van der Waals surface area (Å²) in [4.78, 5) is 3.96. The normalized spacial score (nSPS) is 10.8. The standard InChI is InChI=1S/C11H11FN4OS/c1-17-9-3-2-7(4-8(9)12)5-14-16-11-15-10(13)6-18-11/h2-6H,13H2,1H3,(H,15,16). The number of hydrazone groups is 1. The van der Waals surface area contributed by atoms with Crippen LogP contribution in [-0.2, 0) is 0 Å². The quantitative estimate of drug-likeness (QED) is 0.658. The molecule has 0 spiro atoms. The maximum atomic E-state index is 13.4. The van der Waals surface area contributed by atoms with Gasteiger partial charge in [-0.3, -0.25) is 5.43 Å². The molecule has 0 aliphatic carbocycles. The SMILES string of the molecule is COc1ccc(C=NNc2nc(N)cs2)cc1F. The molecule has 0 atom stereocenters. The number of methoxy groups -OCH3 is 1. The summed E-state index contributed by atoms with van der Waals surface area (Å²) in [5.74, 6) is 0.209. The second-order valence-electron chi connectivity index (χ2n) is 3.34. The van der Waals surface area contributed by atoms with Crippen LogP contribution in [0.4, 0.5) is 15.3 Å². The van der Waals surface area contributed by atoms with Gasteiger partial charge < -0.3 is 10.5 Å². The van der Waals surface area contributed by atoms with Gasteiger partial charge in [0.05, 0.1) is 13.3 Å². The van der Waals surface area contributed by atoms with Gasteiger partial charge in [0.2, 0.25) is 5.13 Å². The number of hydrogen-bond acceptors (Lipinski definition) is 6. The van der Waals surface area contributed by atoms with Crippen LogP contribution >= 0.6 is 11.3 Å². The Bertz CT molecular complexity index is 570. The number of nitrogens with two attached hydrogens (primary N) is 1. The Balaban J connectivity index is 2.03. The van der Waals surface area contributed by atoms with Crippen molar-refractivity contribution in [1.29, 1.82) is 0 Å². The van der Waals surface area contributed by atoms with E-state index in [2.05, 4.69) is 15.5 Å². The van der Waals surface area contributed by atoms with Crippen LogP contribution < -0.4 is 15.9 Å². The Hall–Kier alpha value is -2.15. The first-order valence-corrected chi connectivity index (χ1v) is 5.90. The summed E-state index contributed by atoms with van der Waals surface area (Å²) < 4.78 is 18.2. The first-order chi connectivity index (χ1) is 8.69. The average molecular weight is 266 g/mol. The third-order valence-corrected chi connectivity index (χ3v) is 2.84. The molecule has 2 rings (SSSR count). The van der Waals surface area contributed by atoms with Crippen LogP contribution in [0.3, 0.4) is 0 Å². The highest BCUT2D eigenvalue weighted by atomic mass is 32.1. The van der Waals surface area contributed by atoms with E-state index in [-0.39, 0.29) is 5.75 Å². The highest BCUT2D eigenvalue weighted by Crippen LogP contribution is 2.18. The van der Waals surface area contributed by atoms with Gasteiger partial charge in [-0.2, -0.15) is 5.10 Å². The fraction of sp³-hybridized carbons (Fsp3) is 0.0909. The van der Waals surface area contributed by atoms with Gasteiger partial charge in [0, 0.05) is 5.38 Å². The van der Waals surface area contributed by atoms with Crippen LogP contribution in [0.25, 0.3) is 0 Å². The molecule has 0 amide bonds. The Kier molecular flexibility index (Phi) is 3.73. The van der Waals surface area contributed by atoms with Crippen molar-refractivity contribution in [2.75, 3.05) is 18.3 Å². The summed E-state index contributed by atoms with van der Waals surface area (Å²) in [6.07, 6.45) is 1.49. The number of nitrogen functional groups attached to an aromatic ring is 1. The Morgan fingerprint density at radius 2 is 2.39 bits per heavy atom. The summed E-state index contributed by atoms with van der Waals surface area (Å²) in [7, 11) is 1.42. The van der Waals surface area contributed by atoms with Gasteiger partial charge in [-0.05, 0) is 23.8 Å². The summed E-state index contributed by atoms with van der Waals surface area (Å²) >= 11 is 1.34. The molecule has 3 N–H and O–H groups in total. The molecule has 1 heterocycles. The van der Waals surface area contributed by atoms with Crippen LogP contribution in [0, 0.1) is 5.82 Å². The molecular formula is C11H11FN4OS. The molecule has 7 heteroatoms. The van der Waals surface area contributed by atoms with Gasteiger partial charge in [0.15, 0.2) is 11.6 Å². The Labute approximate surface area is 107 Å². The summed E-state index contributed by atoms with van der Waals surface area (Å²) in [5.41, 5.74) is 8.78. The van der Waals surface area contributed by atoms with Gasteiger partial charge in [-0.25, -0.2) is 9.37 Å². The minimum Gasteiger partial charge on any atom is -0.494 e. The van der Waals surface area contributed by atoms with E-state index in [0.29, 0.717) is 16.5 Å². The molecule has 5 nitrogen and oxygen atoms in total. The first kappa shape index (κ1) is 12.3. The zero-order chi connectivity index (χ0) is 13.0. The van der Waals surface area contributed by atoms with Gasteiger partial charge in [0.25, 0.3) is 0 Å². The number of benzene rings is 1. The molecule has 2 aromatic rings. The van der Waals surface area contributed by atoms with E-state index >= 15 is 0 Å². The lowest BCUT2D eigenvalue weighted by Gasteiger charge is -2.01. The van der Waals surface area contributed by atoms with E-state index in [9.17, 15) is 4.39 Å². The van der Waals surface area contributed by atoms with Crippen molar-refractivity contribution in [3.05, 3.63) is 35.0 Å². The summed E-state index contributed by atoms with van der Waals surface area (Å²) in [6, 6.07) is 4.57. The van der Waals surface area contributed by atoms with Crippen LogP contribution in [0.15, 0.2) is 28.7 Å². The van der Waals surface area contributed by atoms with Crippen molar-refractivity contribution in [3.63, 3.8) is 0 Å². The molecule has 18 heavy (non-hydrogen) atoms. The van der Waals surface area contributed by atoms with Gasteiger partial charge in [-0.15, -0.1) is 11.3 Å². The minimum absolute atomic E-state index is 0.202. The number of halogens is 1. The lowest BCUT2D eigenvalue weighted by Crippen LogP contribution is -1.93. The molecule has 94 valence electrons. The van der Waals surface area contributed by atoms with Gasteiger partial charge in [-0.1, -0.05) is 0 Å². The molecule has 0 saturated carbocycles. The molecule has 0 unspecified atom stereocenters. The summed E-state index contributed by atoms with van der Waals surface area (Å²) in [5, 5.41) is 6.21. The highest BCUT2D eigenvalue weighted by Gasteiger charge is 2.01. The third kappa shape index (κ3) is 2.95. The smallest absolute Gasteiger partial charge is 0.205 e. The largest absolute Gasteiger partial charge is 0.494 e. The zero-order valence-corrected chi connectivity index (χ0v) is 10.4. The van der Waals surface area contributed by atoms with Crippen molar-refractivity contribution in [2.45, 2.75) is 0 Å². The van der Waals surface area contributed by atoms with E-state index in [1.165, 1.54) is 36.8 Å². The van der Waals surface area contributed by atoms with Crippen LogP contribution in [-0.4, -0.2) is 18.3 Å². The maximum absolute atomic E-state index is 13.4. The maximum Gasteiger partial charge on any atom is 0.205 e. The number of hydrogen-bond donors (Lipinski definition) is 2. The first-order valence-electron chi connectivity index (χ1n) is 5.02. The number of aromatic nitrogens is 1. The monoisotopic (exact) mass is 266 g/mol. The number of nitrogens with one attached hydrogen (secondary N) is 1. The predicted octanol–water partition coefficient (Wildman–Crippen LogP) is 2.32. The molecule has 0 fully saturated rings. The second-order valence-corrected chi connectivity index (χ2v) is 4.20. The topological polar surface area (TPSA) is 72.5 Å². The van der Waals surface area contributed by atoms with Crippen LogP contribution in [0.5, 0.6) is 5.75 Å². The molecule has 0 saturated heterocycles. The van der Waals surface area contributed by atoms with Crippen molar-refractivity contribution in [1.82, 2.24) is 4.98 Å². The van der Waals surface area contributed by atoms with E-state index < -0.39 is 5.82 Å². The van der Waals surface area contributed by atoms with Crippen molar-refractivity contribution < 1.29 is 9.13 Å². The molecule has 1 aromatic heterocycles. The average Bonchev–Trinajstić information content (AvgIpc) is 2.75. The predicted molar refractivity (Wildman–Crippen MR) is 70.7 cm³/mol. The second kappa shape index (κ2) is 5.46. The van der Waals surface area contributed by atoms with E-state index in [4.69, 9.17) is 10.5 Å². The van der Waals surface area contributed by atoms with Crippen molar-refractivity contribution in [2.24, 2.45) is 5.10 Å². The Morgan fingerprint density at radius 1 is 1.56 bits per heavy atom. The Morgan fingerprint density at radius 3 is 3.00 bits per heavy atom. The number of thiazole rings is 1. The lowest BCUT2D eigenvalue weighted by atomic mass is 10.2. The number of nitrogens with zero attached hydrogens (tertiary/aromatic N) is 2. The number of rotatable bonds is 4. The fourth-order valence-corrected chi connectivity index (χ4v) is 1.81. The van der Waals surface area contributed by atoms with Crippen LogP contribution in [0.2, 0.25) is 0 Å². The minimum atomic E-state index is -0.431. The fourth-order valence-electron chi connectivity index (χ4n) is 1.26. The zero-order valence-electron chi connectivity index (χ0n) is 9.55. The molecular weight excluding hydrogens is 255 g/mol. The van der Waals surface area contributed by atoms with Crippen molar-refractivity contribution >= 4 is 28.5 Å². The molecule has 0 bridgehead atoms. The van der Waals surface area contributed by atoms with E-state index in [1.807, 2.05) is 0 Å². The molecule has 0 aliphatic heterocycles. The number of anilines is 2. The highest BCUT2D eigenvalue weighted by molar-refractivity contribution is 7.14. The van der Waals surface area contributed by atoms with Crippen LogP contribution in [0.1, 0.15) is 5.56 Å². The molecule has 0 radical (unpaired) electrons. The van der Waals surface area contributed by atoms with Crippen molar-refractivity contribution in [3.8, 4) is 5.75 Å². The van der Waals surface area contributed by atoms with Gasteiger partial charge in [0.1, 0.15) is 5.82 Å². The van der Waals surface area contributed by atoms with E-state index in [0.717, 1.165) is 0 Å². The lowest BCUT2D eigenvalue weighted by molar-refractivity contribution is 0.386. The van der Waals surface area contributed by atoms with E-state index in [1.54, 1.807) is 11.4 Å². The van der Waals surface area contributed by atoms with Gasteiger partial charge >= 0.3 is 0 Å². The molecule has 0 aliphatic rings. The molecule has 1 aromatic carbocycles.